The maximum Gasteiger partial charge on any atom is 0.0699 e. The van der Waals surface area contributed by atoms with Crippen molar-refractivity contribution in [1.29, 1.82) is 0 Å². The van der Waals surface area contributed by atoms with E-state index >= 15 is 0 Å². The van der Waals surface area contributed by atoms with Crippen LogP contribution in [0.1, 0.15) is 33.1 Å². The standard InChI is InChI=1S/C11H24N2O/c1-9(2)11(7-12)13-8-10-5-3-4-6-14-10/h9-11,13H,3-8,12H2,1-2H3. The Morgan fingerprint density at radius 2 is 2.21 bits per heavy atom. The molecule has 2 unspecified atom stereocenters. The van der Waals surface area contributed by atoms with E-state index < -0.39 is 0 Å². The SMILES string of the molecule is CC(C)C(CN)NCC1CCCCO1. The first-order valence-electron chi connectivity index (χ1n) is 5.79. The number of ether oxygens (including phenoxy) is 1. The lowest BCUT2D eigenvalue weighted by molar-refractivity contribution is 0.0147. The van der Waals surface area contributed by atoms with Crippen LogP contribution < -0.4 is 11.1 Å². The molecule has 1 saturated heterocycles. The summed E-state index contributed by atoms with van der Waals surface area (Å²) < 4.78 is 5.65. The molecule has 0 bridgehead atoms. The van der Waals surface area contributed by atoms with Crippen LogP contribution in [-0.2, 0) is 4.74 Å². The third-order valence-electron chi connectivity index (χ3n) is 2.94. The van der Waals surface area contributed by atoms with Crippen molar-refractivity contribution in [2.75, 3.05) is 19.7 Å². The van der Waals surface area contributed by atoms with Crippen LogP contribution in [0.3, 0.4) is 0 Å². The molecule has 3 nitrogen and oxygen atoms in total. The van der Waals surface area contributed by atoms with Gasteiger partial charge in [0.05, 0.1) is 6.10 Å². The van der Waals surface area contributed by atoms with Crippen molar-refractivity contribution >= 4 is 0 Å². The summed E-state index contributed by atoms with van der Waals surface area (Å²) in [7, 11) is 0. The highest BCUT2D eigenvalue weighted by molar-refractivity contribution is 4.74. The molecule has 1 fully saturated rings. The number of nitrogens with two attached hydrogens (primary N) is 1. The topological polar surface area (TPSA) is 47.3 Å². The number of hydrogen-bond acceptors (Lipinski definition) is 3. The minimum atomic E-state index is 0.413. The van der Waals surface area contributed by atoms with Gasteiger partial charge in [-0.25, -0.2) is 0 Å². The van der Waals surface area contributed by atoms with E-state index in [-0.39, 0.29) is 0 Å². The molecule has 1 aliphatic rings. The van der Waals surface area contributed by atoms with E-state index in [4.69, 9.17) is 10.5 Å². The summed E-state index contributed by atoms with van der Waals surface area (Å²) in [5, 5.41) is 3.49. The first-order valence-corrected chi connectivity index (χ1v) is 5.79. The Hall–Kier alpha value is -0.120. The summed E-state index contributed by atoms with van der Waals surface area (Å²) in [6.45, 7) is 7.00. The number of nitrogens with one attached hydrogen (secondary N) is 1. The fourth-order valence-corrected chi connectivity index (χ4v) is 1.84. The third-order valence-corrected chi connectivity index (χ3v) is 2.94. The van der Waals surface area contributed by atoms with Crippen LogP contribution in [0.5, 0.6) is 0 Å². The van der Waals surface area contributed by atoms with Gasteiger partial charge >= 0.3 is 0 Å². The van der Waals surface area contributed by atoms with Gasteiger partial charge in [-0.15, -0.1) is 0 Å². The lowest BCUT2D eigenvalue weighted by atomic mass is 10.0. The summed E-state index contributed by atoms with van der Waals surface area (Å²) in [5.74, 6) is 0.601. The predicted octanol–water partition coefficient (Wildman–Crippen LogP) is 1.13. The lowest BCUT2D eigenvalue weighted by Crippen LogP contribution is -2.44. The minimum absolute atomic E-state index is 0.413. The molecule has 3 heteroatoms. The zero-order valence-electron chi connectivity index (χ0n) is 9.46. The molecule has 2 atom stereocenters. The lowest BCUT2D eigenvalue weighted by Gasteiger charge is -2.27. The van der Waals surface area contributed by atoms with E-state index in [1.807, 2.05) is 0 Å². The molecule has 1 heterocycles. The fourth-order valence-electron chi connectivity index (χ4n) is 1.84. The van der Waals surface area contributed by atoms with E-state index in [9.17, 15) is 0 Å². The molecule has 14 heavy (non-hydrogen) atoms. The molecule has 0 aromatic heterocycles. The van der Waals surface area contributed by atoms with Gasteiger partial charge in [0, 0.05) is 25.7 Å². The van der Waals surface area contributed by atoms with E-state index in [0.717, 1.165) is 13.2 Å². The normalized spacial score (nSPS) is 25.3. The zero-order chi connectivity index (χ0) is 10.4. The zero-order valence-corrected chi connectivity index (χ0v) is 9.46. The van der Waals surface area contributed by atoms with Crippen molar-refractivity contribution in [3.8, 4) is 0 Å². The fraction of sp³-hybridized carbons (Fsp3) is 1.00. The van der Waals surface area contributed by atoms with Gasteiger partial charge in [-0.3, -0.25) is 0 Å². The monoisotopic (exact) mass is 200 g/mol. The first kappa shape index (κ1) is 12.0. The van der Waals surface area contributed by atoms with E-state index in [0.29, 0.717) is 24.6 Å². The van der Waals surface area contributed by atoms with Crippen molar-refractivity contribution in [2.45, 2.75) is 45.3 Å². The van der Waals surface area contributed by atoms with E-state index in [2.05, 4.69) is 19.2 Å². The quantitative estimate of drug-likeness (QED) is 0.699. The maximum absolute atomic E-state index is 5.69. The summed E-state index contributed by atoms with van der Waals surface area (Å²) in [6, 6.07) is 0.431. The third kappa shape index (κ3) is 3.95. The smallest absolute Gasteiger partial charge is 0.0699 e. The summed E-state index contributed by atoms with van der Waals surface area (Å²) >= 11 is 0. The van der Waals surface area contributed by atoms with Gasteiger partial charge in [-0.2, -0.15) is 0 Å². The molecular weight excluding hydrogens is 176 g/mol. The van der Waals surface area contributed by atoms with Crippen molar-refractivity contribution < 1.29 is 4.74 Å². The highest BCUT2D eigenvalue weighted by Gasteiger charge is 2.16. The van der Waals surface area contributed by atoms with Gasteiger partial charge in [0.15, 0.2) is 0 Å². The molecule has 0 radical (unpaired) electrons. The first-order chi connectivity index (χ1) is 6.74. The van der Waals surface area contributed by atoms with Crippen LogP contribution in [0.4, 0.5) is 0 Å². The van der Waals surface area contributed by atoms with Crippen LogP contribution in [0.15, 0.2) is 0 Å². The van der Waals surface area contributed by atoms with Crippen molar-refractivity contribution in [3.63, 3.8) is 0 Å². The van der Waals surface area contributed by atoms with Gasteiger partial charge in [-0.1, -0.05) is 13.8 Å². The molecule has 0 amide bonds. The molecule has 0 spiro atoms. The Balaban J connectivity index is 2.16. The minimum Gasteiger partial charge on any atom is -0.377 e. The van der Waals surface area contributed by atoms with Crippen LogP contribution in [0, 0.1) is 5.92 Å². The molecule has 0 saturated carbocycles. The maximum atomic E-state index is 5.69. The van der Waals surface area contributed by atoms with Crippen LogP contribution in [0.2, 0.25) is 0 Å². The molecule has 3 N–H and O–H groups in total. The summed E-state index contributed by atoms with van der Waals surface area (Å²) in [6.07, 6.45) is 4.14. The van der Waals surface area contributed by atoms with Crippen molar-refractivity contribution in [1.82, 2.24) is 5.32 Å². The highest BCUT2D eigenvalue weighted by atomic mass is 16.5. The van der Waals surface area contributed by atoms with E-state index in [1.165, 1.54) is 19.3 Å². The number of rotatable bonds is 5. The van der Waals surface area contributed by atoms with Gasteiger partial charge in [0.25, 0.3) is 0 Å². The van der Waals surface area contributed by atoms with Crippen molar-refractivity contribution in [2.24, 2.45) is 11.7 Å². The molecule has 0 aromatic rings. The Kier molecular flexibility index (Phi) is 5.45. The second kappa shape index (κ2) is 6.38. The molecule has 0 aromatic carbocycles. The summed E-state index contributed by atoms with van der Waals surface area (Å²) in [5.41, 5.74) is 5.69. The van der Waals surface area contributed by atoms with Gasteiger partial charge in [0.2, 0.25) is 0 Å². The van der Waals surface area contributed by atoms with Crippen LogP contribution in [-0.4, -0.2) is 31.8 Å². The van der Waals surface area contributed by atoms with Crippen molar-refractivity contribution in [3.05, 3.63) is 0 Å². The predicted molar refractivity (Wildman–Crippen MR) is 59.3 cm³/mol. The molecule has 1 rings (SSSR count). The Morgan fingerprint density at radius 1 is 1.43 bits per heavy atom. The molecule has 1 aliphatic heterocycles. The Morgan fingerprint density at radius 3 is 2.71 bits per heavy atom. The molecule has 84 valence electrons. The molecular formula is C11H24N2O. The highest BCUT2D eigenvalue weighted by Crippen LogP contribution is 2.12. The van der Waals surface area contributed by atoms with Crippen LogP contribution in [0.25, 0.3) is 0 Å². The Bertz CT molecular complexity index is 144. The Labute approximate surface area is 87.4 Å². The number of hydrogen-bond donors (Lipinski definition) is 2. The van der Waals surface area contributed by atoms with Crippen LogP contribution >= 0.6 is 0 Å². The summed E-state index contributed by atoms with van der Waals surface area (Å²) in [4.78, 5) is 0. The van der Waals surface area contributed by atoms with Gasteiger partial charge in [0.1, 0.15) is 0 Å². The van der Waals surface area contributed by atoms with E-state index in [1.54, 1.807) is 0 Å². The second-order valence-corrected chi connectivity index (χ2v) is 4.48. The largest absolute Gasteiger partial charge is 0.377 e. The average Bonchev–Trinajstić information content (AvgIpc) is 2.20. The van der Waals surface area contributed by atoms with Gasteiger partial charge in [-0.05, 0) is 25.2 Å². The van der Waals surface area contributed by atoms with Gasteiger partial charge < -0.3 is 15.8 Å². The average molecular weight is 200 g/mol. The molecule has 0 aliphatic carbocycles. The second-order valence-electron chi connectivity index (χ2n) is 4.48.